The number of phosphoric acid groups is 3. The molecule has 3 rings (SSSR count). The number of anilines is 1. The van der Waals surface area contributed by atoms with Crippen LogP contribution < -0.4 is 11.3 Å². The van der Waals surface area contributed by atoms with Crippen molar-refractivity contribution in [3.63, 3.8) is 0 Å². The molecule has 6 unspecified atom stereocenters. The smallest absolute Gasteiger partial charge is 0.369 e. The van der Waals surface area contributed by atoms with Gasteiger partial charge in [0.2, 0.25) is 5.95 Å². The third-order valence-electron chi connectivity index (χ3n) is 4.69. The highest BCUT2D eigenvalue weighted by molar-refractivity contribution is 7.67. The second kappa shape index (κ2) is 9.72. The van der Waals surface area contributed by atoms with Crippen molar-refractivity contribution < 1.29 is 50.0 Å². The summed E-state index contributed by atoms with van der Waals surface area (Å²) in [6.45, 7) is 1.48. The lowest BCUT2D eigenvalue weighted by Gasteiger charge is -2.24. The number of fused-ring (bicyclic) bond motifs is 1. The van der Waals surface area contributed by atoms with Crippen LogP contribution in [0.5, 0.6) is 0 Å². The van der Waals surface area contributed by atoms with Gasteiger partial charge in [0.25, 0.3) is 5.56 Å². The molecule has 1 fully saturated rings. The second-order valence-corrected chi connectivity index (χ2v) is 12.2. The van der Waals surface area contributed by atoms with E-state index in [0.717, 1.165) is 21.3 Å². The molecule has 20 heteroatoms. The molecule has 2 aromatic heterocycles. The minimum atomic E-state index is -4.89. The van der Waals surface area contributed by atoms with E-state index in [1.165, 1.54) is 4.68 Å². The van der Waals surface area contributed by atoms with Crippen molar-refractivity contribution in [1.29, 1.82) is 0 Å². The van der Waals surface area contributed by atoms with Crippen molar-refractivity contribution in [3.8, 4) is 0 Å². The van der Waals surface area contributed by atoms with Gasteiger partial charge in [0.1, 0.15) is 0 Å². The van der Waals surface area contributed by atoms with Gasteiger partial charge in [-0.1, -0.05) is 6.92 Å². The fraction of sp³-hybridized carbons (Fsp3) is 0.692. The van der Waals surface area contributed by atoms with E-state index in [1.807, 2.05) is 6.92 Å². The molecule has 0 aromatic carbocycles. The zero-order chi connectivity index (χ0) is 24.6. The zero-order valence-corrected chi connectivity index (χ0v) is 20.6. The fourth-order valence-electron chi connectivity index (χ4n) is 2.95. The first kappa shape index (κ1) is 26.3. The number of nitrogens with zero attached hydrogens (tertiary/aromatic N) is 2. The molecule has 2 aromatic rings. The first-order valence-corrected chi connectivity index (χ1v) is 13.6. The molecule has 1 aliphatic rings. The Morgan fingerprint density at radius 3 is 2.45 bits per heavy atom. The number of hydrogen-bond acceptors (Lipinski definition) is 13. The Kier molecular flexibility index (Phi) is 7.73. The molecule has 6 atom stereocenters. The number of nitrogen functional groups attached to an aromatic ring is 1. The van der Waals surface area contributed by atoms with Gasteiger partial charge in [-0.3, -0.25) is 33.0 Å². The van der Waals surface area contributed by atoms with Crippen LogP contribution in [0.15, 0.2) is 4.79 Å². The fourth-order valence-corrected chi connectivity index (χ4v) is 7.02. The van der Waals surface area contributed by atoms with Crippen LogP contribution in [0.4, 0.5) is 5.95 Å². The third kappa shape index (κ3) is 5.84. The molecule has 0 radical (unpaired) electrons. The van der Waals surface area contributed by atoms with Crippen molar-refractivity contribution in [2.24, 2.45) is 5.92 Å². The Morgan fingerprint density at radius 2 is 1.85 bits per heavy atom. The lowest BCUT2D eigenvalue weighted by atomic mass is 10.0. The van der Waals surface area contributed by atoms with Crippen molar-refractivity contribution in [2.45, 2.75) is 25.7 Å². The lowest BCUT2D eigenvalue weighted by molar-refractivity contribution is -0.0344. The van der Waals surface area contributed by atoms with Gasteiger partial charge in [-0.25, -0.2) is 18.4 Å². The molecule has 0 amide bonds. The molecule has 33 heavy (non-hydrogen) atoms. The zero-order valence-electron chi connectivity index (χ0n) is 17.9. The summed E-state index contributed by atoms with van der Waals surface area (Å²) < 4.78 is 71.7. The number of rotatable bonds is 11. The van der Waals surface area contributed by atoms with Gasteiger partial charge in [-0.2, -0.15) is 13.6 Å². The SMILES string of the molecule is COP(=O)(O)OP(=O)(OC)OP(=O)(OC)OCC1OC(n2[nH]c3c(=O)[nH]c(N)nc32)CC1C. The van der Waals surface area contributed by atoms with Crippen LogP contribution in [0.2, 0.25) is 0 Å². The Bertz CT molecular complexity index is 1190. The van der Waals surface area contributed by atoms with E-state index in [4.69, 9.17) is 19.3 Å². The monoisotopic (exact) mass is 535 g/mol. The largest absolute Gasteiger partial charge is 0.492 e. The summed E-state index contributed by atoms with van der Waals surface area (Å²) in [5.74, 6) is -0.192. The molecular weight excluding hydrogens is 511 g/mol. The van der Waals surface area contributed by atoms with Gasteiger partial charge in [0.15, 0.2) is 17.4 Å². The van der Waals surface area contributed by atoms with Gasteiger partial charge in [0, 0.05) is 21.3 Å². The highest BCUT2D eigenvalue weighted by Crippen LogP contribution is 2.71. The quantitative estimate of drug-likeness (QED) is 0.301. The number of nitrogens with two attached hydrogens (primary N) is 1. The number of phosphoric ester groups is 2. The van der Waals surface area contributed by atoms with Crippen molar-refractivity contribution in [3.05, 3.63) is 10.4 Å². The standard InChI is InChI=1S/C13H24N5O12P3/c1-7-5-9(18-11-10(17-18)12(19)16-13(14)15-11)28-8(7)6-27-32(22,25-3)30-33(23,26-4)29-31(20,21)24-2/h7-9,17H,5-6H2,1-4H3,(H,20,21)(H3,14,15,16,19). The molecule has 1 saturated heterocycles. The number of ether oxygens (including phenoxy) is 1. The normalized spacial score (nSPS) is 26.8. The topological polar surface area (TPSA) is 229 Å². The van der Waals surface area contributed by atoms with E-state index in [1.54, 1.807) is 0 Å². The van der Waals surface area contributed by atoms with E-state index in [-0.39, 0.29) is 24.0 Å². The Morgan fingerprint density at radius 1 is 1.18 bits per heavy atom. The average Bonchev–Trinajstić information content (AvgIpc) is 3.08. The third-order valence-corrected chi connectivity index (χ3v) is 9.73. The maximum atomic E-state index is 12.8. The van der Waals surface area contributed by atoms with Gasteiger partial charge >= 0.3 is 23.5 Å². The van der Waals surface area contributed by atoms with Crippen LogP contribution >= 0.6 is 23.5 Å². The van der Waals surface area contributed by atoms with Crippen LogP contribution in [-0.2, 0) is 45.1 Å². The van der Waals surface area contributed by atoms with Crippen molar-refractivity contribution in [2.75, 3.05) is 33.7 Å². The molecule has 5 N–H and O–H groups in total. The highest BCUT2D eigenvalue weighted by atomic mass is 31.3. The predicted molar refractivity (Wildman–Crippen MR) is 111 cm³/mol. The van der Waals surface area contributed by atoms with Crippen molar-refractivity contribution >= 4 is 40.6 Å². The summed E-state index contributed by atoms with van der Waals surface area (Å²) in [4.78, 5) is 27.6. The van der Waals surface area contributed by atoms with Crippen LogP contribution in [0, 0.1) is 5.92 Å². The first-order chi connectivity index (χ1) is 15.3. The average molecular weight is 535 g/mol. The number of nitrogens with one attached hydrogen (secondary N) is 2. The molecule has 0 saturated carbocycles. The lowest BCUT2D eigenvalue weighted by Crippen LogP contribution is -2.26. The summed E-state index contributed by atoms with van der Waals surface area (Å²) in [6.07, 6.45) is -0.736. The Labute approximate surface area is 186 Å². The molecule has 0 bridgehead atoms. The number of aromatic amines is 2. The molecule has 0 spiro atoms. The van der Waals surface area contributed by atoms with Gasteiger partial charge in [0.05, 0.1) is 12.7 Å². The number of H-pyrrole nitrogens is 2. The number of hydrogen-bond donors (Lipinski definition) is 4. The van der Waals surface area contributed by atoms with Crippen LogP contribution in [0.25, 0.3) is 11.2 Å². The van der Waals surface area contributed by atoms with Gasteiger partial charge in [-0.15, -0.1) is 0 Å². The van der Waals surface area contributed by atoms with E-state index in [2.05, 4.69) is 32.9 Å². The van der Waals surface area contributed by atoms with Crippen LogP contribution in [0.3, 0.4) is 0 Å². The molecule has 188 valence electrons. The molecule has 17 nitrogen and oxygen atoms in total. The van der Waals surface area contributed by atoms with Gasteiger partial charge in [-0.05, 0) is 12.3 Å². The second-order valence-electron chi connectivity index (χ2n) is 6.84. The molecular formula is C13H24N5O12P3. The summed E-state index contributed by atoms with van der Waals surface area (Å²) in [6, 6.07) is 0. The van der Waals surface area contributed by atoms with E-state index >= 15 is 0 Å². The minimum Gasteiger partial charge on any atom is -0.369 e. The summed E-state index contributed by atoms with van der Waals surface area (Å²) in [5, 5.41) is 2.82. The van der Waals surface area contributed by atoms with Crippen LogP contribution in [0.1, 0.15) is 19.6 Å². The van der Waals surface area contributed by atoms with E-state index < -0.39 is 41.4 Å². The van der Waals surface area contributed by atoms with Gasteiger partial charge < -0.3 is 15.4 Å². The Balaban J connectivity index is 1.67. The number of aromatic nitrogens is 4. The summed E-state index contributed by atoms with van der Waals surface area (Å²) in [7, 11) is -11.7. The van der Waals surface area contributed by atoms with Crippen LogP contribution in [-0.4, -0.2) is 58.7 Å². The van der Waals surface area contributed by atoms with E-state index in [0.29, 0.717) is 12.1 Å². The summed E-state index contributed by atoms with van der Waals surface area (Å²) >= 11 is 0. The van der Waals surface area contributed by atoms with Crippen molar-refractivity contribution in [1.82, 2.24) is 19.7 Å². The molecule has 3 heterocycles. The molecule has 0 aliphatic carbocycles. The highest BCUT2D eigenvalue weighted by Gasteiger charge is 2.46. The minimum absolute atomic E-state index is 0.0555. The first-order valence-electron chi connectivity index (χ1n) is 9.22. The Hall–Kier alpha value is -1.35. The maximum Gasteiger partial charge on any atom is 0.492 e. The predicted octanol–water partition coefficient (Wildman–Crippen LogP) is 1.86. The summed E-state index contributed by atoms with van der Waals surface area (Å²) in [5.41, 5.74) is 5.70. The molecule has 1 aliphatic heterocycles. The van der Waals surface area contributed by atoms with E-state index in [9.17, 15) is 23.4 Å². The maximum absolute atomic E-state index is 12.8.